The maximum absolute atomic E-state index is 12.6. The molecule has 1 aromatic heterocycles. The highest BCUT2D eigenvalue weighted by molar-refractivity contribution is 5.48. The smallest absolute Gasteiger partial charge is 0.317 e. The van der Waals surface area contributed by atoms with Crippen LogP contribution in [0.5, 0.6) is 6.01 Å². The van der Waals surface area contributed by atoms with E-state index in [0.717, 1.165) is 0 Å². The van der Waals surface area contributed by atoms with Gasteiger partial charge in [0, 0.05) is 23.6 Å². The molecule has 1 heterocycles. The third kappa shape index (κ3) is 5.06. The summed E-state index contributed by atoms with van der Waals surface area (Å²) in [6, 6.07) is 7.31. The quantitative estimate of drug-likeness (QED) is 0.642. The lowest BCUT2D eigenvalue weighted by molar-refractivity contribution is 0.151. The number of aliphatic hydroxyl groups is 1. The van der Waals surface area contributed by atoms with Gasteiger partial charge in [0.05, 0.1) is 12.3 Å². The van der Waals surface area contributed by atoms with Crippen LogP contribution in [0.25, 0.3) is 0 Å². The summed E-state index contributed by atoms with van der Waals surface area (Å²) in [5.74, 6) is 0. The van der Waals surface area contributed by atoms with Gasteiger partial charge in [0.15, 0.2) is 0 Å². The first-order valence-corrected chi connectivity index (χ1v) is 6.89. The molecule has 0 saturated carbocycles. The van der Waals surface area contributed by atoms with E-state index in [1.165, 1.54) is 36.7 Å². The number of benzene rings is 1. The SMILES string of the molecule is N=N/C(=C\Nc1cccc(C(F)F)c1)COc1nccc(CO)n1. The molecule has 0 amide bonds. The molecule has 24 heavy (non-hydrogen) atoms. The lowest BCUT2D eigenvalue weighted by Gasteiger charge is -2.07. The number of alkyl halides is 2. The summed E-state index contributed by atoms with van der Waals surface area (Å²) in [4.78, 5) is 7.79. The van der Waals surface area contributed by atoms with Gasteiger partial charge in [-0.2, -0.15) is 10.1 Å². The molecule has 9 heteroatoms. The molecule has 3 N–H and O–H groups in total. The lowest BCUT2D eigenvalue weighted by Crippen LogP contribution is -2.05. The molecule has 2 rings (SSSR count). The molecule has 1 aromatic carbocycles. The number of halogens is 2. The van der Waals surface area contributed by atoms with Crippen molar-refractivity contribution >= 4 is 5.69 Å². The van der Waals surface area contributed by atoms with Crippen LogP contribution in [0.15, 0.2) is 53.5 Å². The molecule has 0 fully saturated rings. The van der Waals surface area contributed by atoms with E-state index in [1.54, 1.807) is 6.07 Å². The van der Waals surface area contributed by atoms with Gasteiger partial charge in [0.1, 0.15) is 12.3 Å². The van der Waals surface area contributed by atoms with Crippen LogP contribution in [0.4, 0.5) is 14.5 Å². The van der Waals surface area contributed by atoms with Crippen LogP contribution in [0.1, 0.15) is 17.7 Å². The van der Waals surface area contributed by atoms with Gasteiger partial charge in [-0.1, -0.05) is 12.1 Å². The fourth-order valence-electron chi connectivity index (χ4n) is 1.71. The van der Waals surface area contributed by atoms with Gasteiger partial charge in [-0.05, 0) is 18.2 Å². The summed E-state index contributed by atoms with van der Waals surface area (Å²) in [6.45, 7) is -0.341. The molecular weight excluding hydrogens is 320 g/mol. The number of nitrogens with zero attached hydrogens (tertiary/aromatic N) is 3. The van der Waals surface area contributed by atoms with Crippen molar-refractivity contribution in [2.24, 2.45) is 5.11 Å². The average Bonchev–Trinajstić information content (AvgIpc) is 2.62. The zero-order chi connectivity index (χ0) is 17.4. The second-order valence-electron chi connectivity index (χ2n) is 4.60. The Bertz CT molecular complexity index is 725. The summed E-state index contributed by atoms with van der Waals surface area (Å²) in [7, 11) is 0. The Morgan fingerprint density at radius 2 is 2.25 bits per heavy atom. The molecule has 0 bridgehead atoms. The highest BCUT2D eigenvalue weighted by Crippen LogP contribution is 2.21. The molecule has 0 atom stereocenters. The highest BCUT2D eigenvalue weighted by atomic mass is 19.3. The van der Waals surface area contributed by atoms with Crippen molar-refractivity contribution in [1.29, 1.82) is 5.53 Å². The Hall–Kier alpha value is -2.94. The van der Waals surface area contributed by atoms with Crippen LogP contribution in [0, 0.1) is 5.53 Å². The first-order chi connectivity index (χ1) is 11.6. The molecule has 0 aliphatic carbocycles. The van der Waals surface area contributed by atoms with E-state index in [2.05, 4.69) is 20.4 Å². The predicted octanol–water partition coefficient (Wildman–Crippen LogP) is 3.27. The molecular formula is C15H15F2N5O2. The maximum Gasteiger partial charge on any atom is 0.317 e. The second-order valence-corrected chi connectivity index (χ2v) is 4.60. The predicted molar refractivity (Wildman–Crippen MR) is 81.7 cm³/mol. The molecule has 2 aromatic rings. The number of anilines is 1. The Labute approximate surface area is 136 Å². The van der Waals surface area contributed by atoms with Crippen molar-refractivity contribution in [3.8, 4) is 6.01 Å². The Morgan fingerprint density at radius 3 is 2.96 bits per heavy atom. The number of aromatic nitrogens is 2. The molecule has 0 unspecified atom stereocenters. The van der Waals surface area contributed by atoms with Gasteiger partial charge in [0.25, 0.3) is 6.43 Å². The van der Waals surface area contributed by atoms with Crippen molar-refractivity contribution in [3.63, 3.8) is 0 Å². The van der Waals surface area contributed by atoms with E-state index in [1.807, 2.05) is 0 Å². The second kappa shape index (κ2) is 8.63. The van der Waals surface area contributed by atoms with E-state index in [-0.39, 0.29) is 30.5 Å². The van der Waals surface area contributed by atoms with Crippen LogP contribution in [-0.4, -0.2) is 21.7 Å². The molecule has 0 spiro atoms. The summed E-state index contributed by atoms with van der Waals surface area (Å²) >= 11 is 0. The molecule has 0 aliphatic rings. The monoisotopic (exact) mass is 335 g/mol. The standard InChI is InChI=1S/C15H15F2N5O2/c16-14(17)10-2-1-3-11(6-10)20-7-13(22-18)9-24-15-19-5-4-12(8-23)21-15/h1-7,14,18,20,23H,8-9H2/b13-7-,22-18?. The van der Waals surface area contributed by atoms with Crippen LogP contribution in [0.2, 0.25) is 0 Å². The number of rotatable bonds is 8. The fraction of sp³-hybridized carbons (Fsp3) is 0.200. The van der Waals surface area contributed by atoms with E-state index in [9.17, 15) is 8.78 Å². The van der Waals surface area contributed by atoms with Gasteiger partial charge in [-0.15, -0.1) is 0 Å². The summed E-state index contributed by atoms with van der Waals surface area (Å²) in [5, 5.41) is 15.1. The third-order valence-electron chi connectivity index (χ3n) is 2.89. The normalized spacial score (nSPS) is 11.4. The molecule has 7 nitrogen and oxygen atoms in total. The highest BCUT2D eigenvalue weighted by Gasteiger charge is 2.07. The summed E-state index contributed by atoms with van der Waals surface area (Å²) < 4.78 is 30.6. The summed E-state index contributed by atoms with van der Waals surface area (Å²) in [5.41, 5.74) is 8.05. The average molecular weight is 335 g/mol. The van der Waals surface area contributed by atoms with Crippen molar-refractivity contribution in [3.05, 3.63) is 59.7 Å². The third-order valence-corrected chi connectivity index (χ3v) is 2.89. The Morgan fingerprint density at radius 1 is 1.42 bits per heavy atom. The fourth-order valence-corrected chi connectivity index (χ4v) is 1.71. The van der Waals surface area contributed by atoms with Gasteiger partial charge in [0.2, 0.25) is 0 Å². The lowest BCUT2D eigenvalue weighted by atomic mass is 10.2. The van der Waals surface area contributed by atoms with Gasteiger partial charge in [-0.3, -0.25) is 0 Å². The minimum absolute atomic E-state index is 0.0378. The molecule has 126 valence electrons. The van der Waals surface area contributed by atoms with Crippen LogP contribution in [-0.2, 0) is 6.61 Å². The zero-order valence-corrected chi connectivity index (χ0v) is 12.5. The van der Waals surface area contributed by atoms with Crippen molar-refractivity contribution in [2.45, 2.75) is 13.0 Å². The van der Waals surface area contributed by atoms with Crippen LogP contribution in [0.3, 0.4) is 0 Å². The number of ether oxygens (including phenoxy) is 1. The molecule has 0 aliphatic heterocycles. The summed E-state index contributed by atoms with van der Waals surface area (Å²) in [6.07, 6.45) is 0.242. The number of aliphatic hydroxyl groups excluding tert-OH is 1. The van der Waals surface area contributed by atoms with Crippen LogP contribution >= 0.6 is 0 Å². The Balaban J connectivity index is 1.98. The topological polar surface area (TPSA) is 103 Å². The Kier molecular flexibility index (Phi) is 6.26. The molecule has 0 saturated heterocycles. The minimum atomic E-state index is -2.56. The van der Waals surface area contributed by atoms with Crippen molar-refractivity contribution in [2.75, 3.05) is 11.9 Å². The van der Waals surface area contributed by atoms with E-state index in [0.29, 0.717) is 11.4 Å². The van der Waals surface area contributed by atoms with Crippen LogP contribution < -0.4 is 10.1 Å². The van der Waals surface area contributed by atoms with Gasteiger partial charge in [-0.25, -0.2) is 19.3 Å². The van der Waals surface area contributed by atoms with Gasteiger partial charge >= 0.3 is 6.01 Å². The van der Waals surface area contributed by atoms with Crippen molar-refractivity contribution in [1.82, 2.24) is 9.97 Å². The molecule has 0 radical (unpaired) electrons. The zero-order valence-electron chi connectivity index (χ0n) is 12.5. The maximum atomic E-state index is 12.6. The first-order valence-electron chi connectivity index (χ1n) is 6.89. The van der Waals surface area contributed by atoms with E-state index < -0.39 is 6.43 Å². The minimum Gasteiger partial charge on any atom is -0.457 e. The number of hydrogen-bond donors (Lipinski definition) is 3. The number of hydrogen-bond acceptors (Lipinski definition) is 7. The van der Waals surface area contributed by atoms with Gasteiger partial charge < -0.3 is 15.2 Å². The van der Waals surface area contributed by atoms with Crippen molar-refractivity contribution < 1.29 is 18.6 Å². The number of nitrogens with one attached hydrogen (secondary N) is 2. The largest absolute Gasteiger partial charge is 0.457 e. The first kappa shape index (κ1) is 17.4. The van der Waals surface area contributed by atoms with E-state index in [4.69, 9.17) is 15.4 Å². The van der Waals surface area contributed by atoms with E-state index >= 15 is 0 Å².